The Labute approximate surface area is 174 Å². The van der Waals surface area contributed by atoms with Gasteiger partial charge < -0.3 is 14.6 Å². The van der Waals surface area contributed by atoms with E-state index in [9.17, 15) is 9.18 Å². The Bertz CT molecular complexity index is 958. The topological polar surface area (TPSA) is 47.6 Å². The lowest BCUT2D eigenvalue weighted by atomic mass is 9.79. The predicted molar refractivity (Wildman–Crippen MR) is 114 cm³/mol. The Morgan fingerprint density at radius 2 is 1.83 bits per heavy atom. The molecule has 152 valence electrons. The van der Waals surface area contributed by atoms with E-state index in [1.165, 1.54) is 35.8 Å². The van der Waals surface area contributed by atoms with E-state index in [0.29, 0.717) is 22.2 Å². The number of nitrogens with one attached hydrogen (secondary N) is 1. The summed E-state index contributed by atoms with van der Waals surface area (Å²) in [6.07, 6.45) is 3.68. The summed E-state index contributed by atoms with van der Waals surface area (Å²) in [6, 6.07) is 6.62. The number of fused-ring (bicyclic) bond motifs is 5. The Kier molecular flexibility index (Phi) is 4.25. The molecule has 2 fully saturated rings. The molecule has 5 rings (SSSR count). The number of anilines is 1. The van der Waals surface area contributed by atoms with Gasteiger partial charge >= 0.3 is 7.12 Å². The highest BCUT2D eigenvalue weighted by Gasteiger charge is 2.51. The van der Waals surface area contributed by atoms with Crippen molar-refractivity contribution in [3.63, 3.8) is 0 Å². The van der Waals surface area contributed by atoms with Crippen LogP contribution in [0.5, 0.6) is 0 Å². The van der Waals surface area contributed by atoms with Crippen LogP contribution in [-0.4, -0.2) is 24.2 Å². The van der Waals surface area contributed by atoms with Gasteiger partial charge in [-0.05, 0) is 88.0 Å². The summed E-state index contributed by atoms with van der Waals surface area (Å²) in [5.74, 6) is 0.498. The van der Waals surface area contributed by atoms with Crippen LogP contribution >= 0.6 is 11.3 Å². The van der Waals surface area contributed by atoms with Crippen molar-refractivity contribution in [2.75, 3.05) is 5.32 Å². The number of hydrogen-bond donors (Lipinski definition) is 1. The fourth-order valence-electron chi connectivity index (χ4n) is 4.62. The van der Waals surface area contributed by atoms with Crippen LogP contribution in [0.2, 0.25) is 0 Å². The highest BCUT2D eigenvalue weighted by Crippen LogP contribution is 2.55. The molecule has 2 aromatic rings. The maximum atomic E-state index is 14.4. The van der Waals surface area contributed by atoms with Crippen LogP contribution in [0.1, 0.15) is 78.9 Å². The number of carbonyl (C=O) groups excluding carboxylic acids is 1. The van der Waals surface area contributed by atoms with Crippen LogP contribution in [0.25, 0.3) is 0 Å². The highest BCUT2D eigenvalue weighted by molar-refractivity contribution is 7.14. The number of carbonyl (C=O) groups is 1. The van der Waals surface area contributed by atoms with E-state index in [2.05, 4.69) is 5.32 Å². The minimum Gasteiger partial charge on any atom is -0.399 e. The number of hydrogen-bond acceptors (Lipinski definition) is 4. The number of benzene rings is 1. The van der Waals surface area contributed by atoms with Crippen LogP contribution in [0, 0.1) is 5.82 Å². The highest BCUT2D eigenvalue weighted by atomic mass is 32.1. The van der Waals surface area contributed by atoms with Gasteiger partial charge in [0.1, 0.15) is 5.82 Å². The molecule has 1 amide bonds. The first kappa shape index (κ1) is 19.3. The Balaban J connectivity index is 1.37. The second-order valence-electron chi connectivity index (χ2n) is 9.42. The molecule has 2 atom stereocenters. The minimum absolute atomic E-state index is 0.152. The lowest BCUT2D eigenvalue weighted by molar-refractivity contribution is 0.00578. The van der Waals surface area contributed by atoms with Crippen molar-refractivity contribution in [3.05, 3.63) is 45.4 Å². The molecule has 2 aliphatic carbocycles. The second kappa shape index (κ2) is 6.40. The lowest BCUT2D eigenvalue weighted by Crippen LogP contribution is -2.41. The molecular weight excluding hydrogens is 388 g/mol. The van der Waals surface area contributed by atoms with Gasteiger partial charge in [0.05, 0.1) is 21.8 Å². The molecule has 1 aliphatic heterocycles. The van der Waals surface area contributed by atoms with Gasteiger partial charge in [-0.2, -0.15) is 0 Å². The summed E-state index contributed by atoms with van der Waals surface area (Å²) in [4.78, 5) is 14.8. The first-order chi connectivity index (χ1) is 13.6. The quantitative estimate of drug-likeness (QED) is 0.736. The molecule has 29 heavy (non-hydrogen) atoms. The molecule has 1 aromatic heterocycles. The van der Waals surface area contributed by atoms with Crippen LogP contribution in [0.4, 0.5) is 10.1 Å². The molecule has 0 radical (unpaired) electrons. The number of halogens is 1. The van der Waals surface area contributed by atoms with Crippen LogP contribution in [0.3, 0.4) is 0 Å². The Hall–Kier alpha value is -1.70. The molecule has 4 nitrogen and oxygen atoms in total. The average molecular weight is 413 g/mol. The monoisotopic (exact) mass is 413 g/mol. The number of thiophene rings is 1. The molecule has 7 heteroatoms. The number of rotatable bonds is 3. The molecule has 1 saturated carbocycles. The van der Waals surface area contributed by atoms with E-state index in [-0.39, 0.29) is 11.6 Å². The van der Waals surface area contributed by atoms with Crippen molar-refractivity contribution < 1.29 is 18.5 Å². The summed E-state index contributed by atoms with van der Waals surface area (Å²) < 4.78 is 26.5. The maximum Gasteiger partial charge on any atom is 0.494 e. The summed E-state index contributed by atoms with van der Waals surface area (Å²) in [7, 11) is -0.600. The van der Waals surface area contributed by atoms with Gasteiger partial charge in [-0.15, -0.1) is 11.3 Å². The van der Waals surface area contributed by atoms with Gasteiger partial charge in [-0.1, -0.05) is 6.07 Å². The zero-order valence-corrected chi connectivity index (χ0v) is 18.0. The molecular formula is C22H25BFNO3S. The van der Waals surface area contributed by atoms with Crippen molar-refractivity contribution in [1.82, 2.24) is 0 Å². The third-order valence-electron chi connectivity index (χ3n) is 7.02. The third kappa shape index (κ3) is 3.06. The van der Waals surface area contributed by atoms with Gasteiger partial charge in [0.15, 0.2) is 0 Å². The van der Waals surface area contributed by atoms with Crippen molar-refractivity contribution in [2.24, 2.45) is 0 Å². The van der Waals surface area contributed by atoms with Crippen LogP contribution < -0.4 is 10.8 Å². The molecule has 1 unspecified atom stereocenters. The van der Waals surface area contributed by atoms with Gasteiger partial charge in [0.25, 0.3) is 5.91 Å². The molecule has 2 heterocycles. The molecule has 1 aromatic carbocycles. The van der Waals surface area contributed by atoms with E-state index < -0.39 is 24.1 Å². The third-order valence-corrected chi connectivity index (χ3v) is 8.33. The van der Waals surface area contributed by atoms with E-state index in [4.69, 9.17) is 9.31 Å². The van der Waals surface area contributed by atoms with E-state index in [0.717, 1.165) is 0 Å². The van der Waals surface area contributed by atoms with Crippen molar-refractivity contribution in [3.8, 4) is 0 Å². The molecule has 1 saturated heterocycles. The Morgan fingerprint density at radius 1 is 1.14 bits per heavy atom. The zero-order valence-electron chi connectivity index (χ0n) is 17.2. The predicted octanol–water partition coefficient (Wildman–Crippen LogP) is 4.80. The van der Waals surface area contributed by atoms with Gasteiger partial charge in [0.2, 0.25) is 0 Å². The second-order valence-corrected chi connectivity index (χ2v) is 10.5. The van der Waals surface area contributed by atoms with Crippen LogP contribution in [-0.2, 0) is 9.31 Å². The standard InChI is InChI=1S/C22H25BFNO3S/c1-21(2)22(3,4)28-23(27-21)14-7-8-16(24)17(10-14)25-20(26)18-11-15-12-5-6-13(9-12)19(15)29-18/h7-8,10-13H,5-6,9H2,1-4H3,(H,25,26)/t12-,13?/m1/s1. The zero-order chi connectivity index (χ0) is 20.6. The molecule has 1 N–H and O–H groups in total. The number of amides is 1. The minimum atomic E-state index is -0.600. The van der Waals surface area contributed by atoms with E-state index in [1.807, 2.05) is 33.8 Å². The normalized spacial score (nSPS) is 26.0. The summed E-state index contributed by atoms with van der Waals surface area (Å²) >= 11 is 1.56. The fourth-order valence-corrected chi connectivity index (χ4v) is 5.91. The first-order valence-corrected chi connectivity index (χ1v) is 11.1. The van der Waals surface area contributed by atoms with Gasteiger partial charge in [0, 0.05) is 4.88 Å². The SMILES string of the molecule is CC1(C)OB(c2ccc(F)c(NC(=O)c3cc4c(s3)C3CC[C@@H]4C3)c2)OC1(C)C. The molecule has 2 bridgehead atoms. The van der Waals surface area contributed by atoms with Gasteiger partial charge in [-0.3, -0.25) is 4.79 Å². The summed E-state index contributed by atoms with van der Waals surface area (Å²) in [5, 5.41) is 2.76. The van der Waals surface area contributed by atoms with Crippen molar-refractivity contribution in [1.29, 1.82) is 0 Å². The molecule has 0 spiro atoms. The van der Waals surface area contributed by atoms with Gasteiger partial charge in [-0.25, -0.2) is 4.39 Å². The lowest BCUT2D eigenvalue weighted by Gasteiger charge is -2.32. The smallest absolute Gasteiger partial charge is 0.399 e. The van der Waals surface area contributed by atoms with Crippen LogP contribution in [0.15, 0.2) is 24.3 Å². The summed E-state index contributed by atoms with van der Waals surface area (Å²) in [6.45, 7) is 7.90. The average Bonchev–Trinajstić information content (AvgIpc) is 3.38. The van der Waals surface area contributed by atoms with E-state index in [1.54, 1.807) is 23.5 Å². The maximum absolute atomic E-state index is 14.4. The molecule has 3 aliphatic rings. The van der Waals surface area contributed by atoms with Crippen molar-refractivity contribution >= 4 is 35.5 Å². The fraction of sp³-hybridized carbons (Fsp3) is 0.500. The Morgan fingerprint density at radius 3 is 2.52 bits per heavy atom. The largest absolute Gasteiger partial charge is 0.494 e. The summed E-state index contributed by atoms with van der Waals surface area (Å²) in [5.41, 5.74) is 1.22. The first-order valence-electron chi connectivity index (χ1n) is 10.2. The van der Waals surface area contributed by atoms with E-state index >= 15 is 0 Å². The van der Waals surface area contributed by atoms with Crippen molar-refractivity contribution in [2.45, 2.75) is 70.0 Å².